The summed E-state index contributed by atoms with van der Waals surface area (Å²) >= 11 is 0. The lowest BCUT2D eigenvalue weighted by atomic mass is 9.70. The van der Waals surface area contributed by atoms with E-state index >= 15 is 0 Å². The molecule has 14 heteroatoms. The van der Waals surface area contributed by atoms with Crippen molar-refractivity contribution in [1.82, 2.24) is 0 Å². The number of halogens is 4. The minimum atomic E-state index is -2.92. The average molecular weight is 729 g/mol. The Morgan fingerprint density at radius 1 is 0.600 bits per heavy atom. The predicted molar refractivity (Wildman–Crippen MR) is 179 cm³/mol. The summed E-state index contributed by atoms with van der Waals surface area (Å²) in [5.41, 5.74) is -4.80. The molecule has 0 bridgehead atoms. The highest BCUT2D eigenvalue weighted by molar-refractivity contribution is 6.22. The van der Waals surface area contributed by atoms with Crippen LogP contribution in [0, 0.1) is 17.3 Å². The second-order valence-electron chi connectivity index (χ2n) is 14.3. The van der Waals surface area contributed by atoms with E-state index in [0.717, 1.165) is 0 Å². The van der Waals surface area contributed by atoms with Crippen LogP contribution in [0.1, 0.15) is 141 Å². The fourth-order valence-electron chi connectivity index (χ4n) is 5.35. The quantitative estimate of drug-likeness (QED) is 0.0841. The highest BCUT2D eigenvalue weighted by Crippen LogP contribution is 2.42. The number of hydrogen-bond acceptors (Lipinski definition) is 10. The minimum absolute atomic E-state index is 0. The number of rotatable bonds is 12. The minimum Gasteiger partial charge on any atom is -0.466 e. The molecule has 0 saturated heterocycles. The molecule has 2 fully saturated rings. The van der Waals surface area contributed by atoms with Gasteiger partial charge in [0.05, 0.1) is 26.1 Å². The molecular weight excluding hydrogens is 668 g/mol. The molecule has 0 radical (unpaired) electrons. The first kappa shape index (κ1) is 49.1. The molecule has 0 N–H and O–H groups in total. The van der Waals surface area contributed by atoms with Crippen molar-refractivity contribution in [2.45, 2.75) is 164 Å². The van der Waals surface area contributed by atoms with Crippen LogP contribution in [0.4, 0.5) is 17.6 Å². The number of carbonyl (C=O) groups is 6. The number of ether oxygens (including phenoxy) is 4. The van der Waals surface area contributed by atoms with Crippen molar-refractivity contribution in [3.63, 3.8) is 0 Å². The van der Waals surface area contributed by atoms with Crippen LogP contribution in [0.3, 0.4) is 0 Å². The van der Waals surface area contributed by atoms with Gasteiger partial charge < -0.3 is 18.9 Å². The molecule has 0 aromatic rings. The van der Waals surface area contributed by atoms with Crippen LogP contribution in [-0.2, 0) is 47.7 Å². The van der Waals surface area contributed by atoms with Gasteiger partial charge in [0, 0.05) is 43.9 Å². The number of esters is 4. The summed E-state index contributed by atoms with van der Waals surface area (Å²) in [5.74, 6) is -11.7. The fraction of sp³-hybridized carbons (Fsp3) is 0.833. The zero-order valence-electron chi connectivity index (χ0n) is 29.4. The zero-order valence-corrected chi connectivity index (χ0v) is 29.4. The van der Waals surface area contributed by atoms with Crippen LogP contribution < -0.4 is 0 Å². The molecule has 292 valence electrons. The van der Waals surface area contributed by atoms with Gasteiger partial charge in [-0.05, 0) is 81.1 Å². The first-order valence-electron chi connectivity index (χ1n) is 16.5. The van der Waals surface area contributed by atoms with Gasteiger partial charge in [-0.1, -0.05) is 14.9 Å². The van der Waals surface area contributed by atoms with Crippen LogP contribution in [0.5, 0.6) is 0 Å². The van der Waals surface area contributed by atoms with Crippen LogP contribution in [0.2, 0.25) is 0 Å². The lowest BCUT2D eigenvalue weighted by molar-refractivity contribution is -0.191. The van der Waals surface area contributed by atoms with Gasteiger partial charge in [-0.15, -0.1) is 0 Å². The third-order valence-corrected chi connectivity index (χ3v) is 7.77. The largest absolute Gasteiger partial charge is 0.466 e. The van der Waals surface area contributed by atoms with E-state index in [4.69, 9.17) is 18.9 Å². The van der Waals surface area contributed by atoms with Crippen molar-refractivity contribution in [2.24, 2.45) is 17.3 Å². The molecule has 0 heterocycles. The predicted octanol–water partition coefficient (Wildman–Crippen LogP) is 8.00. The van der Waals surface area contributed by atoms with Crippen molar-refractivity contribution in [1.29, 1.82) is 0 Å². The summed E-state index contributed by atoms with van der Waals surface area (Å²) in [6.45, 7) is 12.7. The van der Waals surface area contributed by atoms with E-state index in [1.165, 1.54) is 6.92 Å². The van der Waals surface area contributed by atoms with Gasteiger partial charge in [0.25, 0.3) is 0 Å². The van der Waals surface area contributed by atoms with Gasteiger partial charge >= 0.3 is 23.9 Å². The Bertz CT molecular complexity index is 1110. The molecule has 2 saturated carbocycles. The summed E-state index contributed by atoms with van der Waals surface area (Å²) in [5, 5.41) is 0. The Balaban J connectivity index is 0. The van der Waals surface area contributed by atoms with Crippen molar-refractivity contribution in [3.8, 4) is 0 Å². The number of alkyl halides is 4. The summed E-state index contributed by atoms with van der Waals surface area (Å²) in [6, 6.07) is 0. The van der Waals surface area contributed by atoms with Crippen molar-refractivity contribution in [3.05, 3.63) is 0 Å². The second-order valence-corrected chi connectivity index (χ2v) is 14.3. The van der Waals surface area contributed by atoms with Crippen molar-refractivity contribution < 1.29 is 65.3 Å². The molecule has 0 aromatic heterocycles. The van der Waals surface area contributed by atoms with E-state index in [1.807, 2.05) is 0 Å². The Hall–Kier alpha value is -3.06. The molecule has 0 atom stereocenters. The molecule has 0 spiro atoms. The van der Waals surface area contributed by atoms with E-state index in [9.17, 15) is 46.3 Å². The van der Waals surface area contributed by atoms with Gasteiger partial charge in [0.15, 0.2) is 5.78 Å². The molecule has 0 amide bonds. The summed E-state index contributed by atoms with van der Waals surface area (Å²) in [7, 11) is 0. The van der Waals surface area contributed by atoms with Gasteiger partial charge in [-0.2, -0.15) is 0 Å². The molecule has 2 aliphatic rings. The molecule has 50 heavy (non-hydrogen) atoms. The maximum absolute atomic E-state index is 13.6. The lowest BCUT2D eigenvalue weighted by Crippen LogP contribution is -2.55. The summed E-state index contributed by atoms with van der Waals surface area (Å²) < 4.78 is 73.3. The summed E-state index contributed by atoms with van der Waals surface area (Å²) in [4.78, 5) is 75.2. The normalized spacial score (nSPS) is 17.7. The number of carbonyl (C=O) groups excluding carboxylic acids is 6. The number of ketones is 2. The number of Topliss-reactive ketones (excluding diaryl/α,β-unsaturated/α-hetero) is 2. The molecule has 0 unspecified atom stereocenters. The molecule has 2 rings (SSSR count). The Labute approximate surface area is 295 Å². The van der Waals surface area contributed by atoms with Crippen LogP contribution >= 0.6 is 0 Å². The molecule has 0 aromatic carbocycles. The maximum Gasteiger partial charge on any atom is 0.332 e. The second kappa shape index (κ2) is 20.1. The first-order chi connectivity index (χ1) is 21.9. The monoisotopic (exact) mass is 728 g/mol. The number of hydrogen-bond donors (Lipinski definition) is 0. The van der Waals surface area contributed by atoms with Crippen molar-refractivity contribution in [2.75, 3.05) is 13.2 Å². The standard InChI is InChI=1S/C22H34F2O7.C12H18F2O3.2CH4/c1-8-29-15(25)13-22(17(27)30-19(2,3)4,18(28)31-20(5,6)7)16(26)14-9-11-21(23,24)12-10-14;1-2-17-11(16)4-3-10(15)9-5-7-12(13,14)8-6-9;;/h14H,8-13H2,1-7H3;9H,2-8H2,1H3;2*1H4. The zero-order chi connectivity index (χ0) is 37.1. The maximum atomic E-state index is 13.6. The third-order valence-electron chi connectivity index (χ3n) is 7.77. The van der Waals surface area contributed by atoms with E-state index < -0.39 is 83.3 Å². The topological polar surface area (TPSA) is 139 Å². The third kappa shape index (κ3) is 16.3. The fourth-order valence-corrected chi connectivity index (χ4v) is 5.35. The lowest BCUT2D eigenvalue weighted by Gasteiger charge is -2.36. The summed E-state index contributed by atoms with van der Waals surface area (Å²) in [6.07, 6.45) is -2.28. The molecule has 2 aliphatic carbocycles. The van der Waals surface area contributed by atoms with Crippen LogP contribution in [0.25, 0.3) is 0 Å². The van der Waals surface area contributed by atoms with E-state index in [2.05, 4.69) is 0 Å². The van der Waals surface area contributed by atoms with Gasteiger partial charge in [0.1, 0.15) is 17.0 Å². The van der Waals surface area contributed by atoms with Gasteiger partial charge in [0.2, 0.25) is 17.3 Å². The Kier molecular flexibility index (Phi) is 19.7. The Morgan fingerprint density at radius 2 is 0.960 bits per heavy atom. The molecular formula is C36H60F4O10. The van der Waals surface area contributed by atoms with Gasteiger partial charge in [-0.25, -0.2) is 17.6 Å². The smallest absolute Gasteiger partial charge is 0.332 e. The molecule has 0 aliphatic heterocycles. The Morgan fingerprint density at radius 3 is 1.32 bits per heavy atom. The molecule has 10 nitrogen and oxygen atoms in total. The van der Waals surface area contributed by atoms with E-state index in [0.29, 0.717) is 6.61 Å². The highest BCUT2D eigenvalue weighted by atomic mass is 19.3. The highest BCUT2D eigenvalue weighted by Gasteiger charge is 2.61. The van der Waals surface area contributed by atoms with Crippen LogP contribution in [0.15, 0.2) is 0 Å². The SMILES string of the molecule is C.C.CCOC(=O)CC(C(=O)OC(C)(C)C)(C(=O)OC(C)(C)C)C(=O)C1CCC(F)(F)CC1.CCOC(=O)CCC(=O)C1CCC(F)(F)CC1. The first-order valence-corrected chi connectivity index (χ1v) is 16.5. The van der Waals surface area contributed by atoms with E-state index in [-0.39, 0.29) is 84.5 Å². The van der Waals surface area contributed by atoms with E-state index in [1.54, 1.807) is 48.5 Å². The van der Waals surface area contributed by atoms with Crippen molar-refractivity contribution >= 4 is 35.4 Å². The van der Waals surface area contributed by atoms with Crippen LogP contribution in [-0.4, -0.2) is 71.7 Å². The average Bonchev–Trinajstić information content (AvgIpc) is 2.93. The van der Waals surface area contributed by atoms with Gasteiger partial charge in [-0.3, -0.25) is 28.8 Å².